The van der Waals surface area contributed by atoms with Gasteiger partial charge >= 0.3 is 12.0 Å². The van der Waals surface area contributed by atoms with Crippen LogP contribution < -0.4 is 15.1 Å². The van der Waals surface area contributed by atoms with Crippen LogP contribution >= 0.6 is 0 Å². The van der Waals surface area contributed by atoms with Crippen LogP contribution in [-0.4, -0.2) is 68.4 Å². The van der Waals surface area contributed by atoms with Crippen molar-refractivity contribution in [3.8, 4) is 0 Å². The number of rotatable bonds is 6. The second kappa shape index (κ2) is 9.59. The molecule has 0 radical (unpaired) electrons. The van der Waals surface area contributed by atoms with Crippen LogP contribution in [0.4, 0.5) is 16.2 Å². The average molecular weight is 383 g/mol. The van der Waals surface area contributed by atoms with Gasteiger partial charge in [-0.2, -0.15) is 0 Å². The van der Waals surface area contributed by atoms with Gasteiger partial charge < -0.3 is 24.8 Å². The van der Waals surface area contributed by atoms with Gasteiger partial charge in [-0.05, 0) is 24.3 Å². The summed E-state index contributed by atoms with van der Waals surface area (Å²) in [5.41, 5.74) is 1.96. The fourth-order valence-electron chi connectivity index (χ4n) is 3.10. The Bertz CT molecular complexity index is 764. The summed E-state index contributed by atoms with van der Waals surface area (Å²) in [7, 11) is 1.35. The zero-order valence-electron chi connectivity index (χ0n) is 16.0. The molecule has 0 saturated carbocycles. The second-order valence-corrected chi connectivity index (χ2v) is 6.43. The number of hydrogen-bond acceptors (Lipinski definition) is 6. The Morgan fingerprint density at radius 2 is 1.75 bits per heavy atom. The first-order valence-corrected chi connectivity index (χ1v) is 9.22. The molecule has 148 valence electrons. The largest absolute Gasteiger partial charge is 0.468 e. The van der Waals surface area contributed by atoms with Gasteiger partial charge in [-0.25, -0.2) is 4.79 Å². The van der Waals surface area contributed by atoms with Crippen molar-refractivity contribution in [1.82, 2.24) is 15.2 Å². The first kappa shape index (κ1) is 19.5. The maximum absolute atomic E-state index is 12.6. The number of hydrogen-bond donors (Lipinski definition) is 1. The van der Waals surface area contributed by atoms with Crippen LogP contribution in [-0.2, 0) is 9.53 Å². The lowest BCUT2D eigenvalue weighted by molar-refractivity contribution is -0.138. The number of nitrogens with one attached hydrogen (secondary N) is 1. The van der Waals surface area contributed by atoms with E-state index in [1.807, 2.05) is 42.5 Å². The highest BCUT2D eigenvalue weighted by Gasteiger charge is 2.22. The van der Waals surface area contributed by atoms with Crippen molar-refractivity contribution in [2.45, 2.75) is 0 Å². The first-order valence-electron chi connectivity index (χ1n) is 9.22. The summed E-state index contributed by atoms with van der Waals surface area (Å²) in [6.07, 6.45) is 3.54. The van der Waals surface area contributed by atoms with Crippen LogP contribution in [0.2, 0.25) is 0 Å². The molecule has 1 aromatic heterocycles. The van der Waals surface area contributed by atoms with Crippen molar-refractivity contribution in [3.05, 3.63) is 54.9 Å². The zero-order chi connectivity index (χ0) is 19.8. The van der Waals surface area contributed by atoms with Crippen LogP contribution in [0.3, 0.4) is 0 Å². The van der Waals surface area contributed by atoms with Crippen molar-refractivity contribution in [2.75, 3.05) is 56.3 Å². The van der Waals surface area contributed by atoms with E-state index in [0.29, 0.717) is 13.1 Å². The Labute approximate surface area is 164 Å². The number of pyridine rings is 1. The molecule has 1 aromatic carbocycles. The van der Waals surface area contributed by atoms with E-state index in [-0.39, 0.29) is 25.2 Å². The van der Waals surface area contributed by atoms with E-state index in [1.165, 1.54) is 7.11 Å². The number of piperazine rings is 1. The molecule has 0 unspecified atom stereocenters. The third kappa shape index (κ3) is 5.12. The summed E-state index contributed by atoms with van der Waals surface area (Å²) in [5.74, 6) is -0.357. The number of anilines is 2. The molecule has 8 heteroatoms. The lowest BCUT2D eigenvalue weighted by Crippen LogP contribution is -2.53. The molecule has 1 aliphatic heterocycles. The molecular weight excluding hydrogens is 358 g/mol. The number of benzene rings is 1. The van der Waals surface area contributed by atoms with Gasteiger partial charge in [0.15, 0.2) is 0 Å². The van der Waals surface area contributed by atoms with E-state index >= 15 is 0 Å². The number of urea groups is 1. The van der Waals surface area contributed by atoms with Crippen LogP contribution in [0.1, 0.15) is 0 Å². The minimum atomic E-state index is -0.357. The van der Waals surface area contributed by atoms with E-state index in [2.05, 4.69) is 15.2 Å². The van der Waals surface area contributed by atoms with E-state index in [4.69, 9.17) is 4.74 Å². The summed E-state index contributed by atoms with van der Waals surface area (Å²) in [4.78, 5) is 34.1. The predicted molar refractivity (Wildman–Crippen MR) is 107 cm³/mol. The maximum atomic E-state index is 12.6. The summed E-state index contributed by atoms with van der Waals surface area (Å²) in [5, 5.41) is 2.91. The molecule has 2 heterocycles. The lowest BCUT2D eigenvalue weighted by atomic mass is 10.3. The molecule has 2 amide bonds. The summed E-state index contributed by atoms with van der Waals surface area (Å²) in [6.45, 7) is 3.09. The molecule has 28 heavy (non-hydrogen) atoms. The van der Waals surface area contributed by atoms with Gasteiger partial charge in [-0.15, -0.1) is 0 Å². The van der Waals surface area contributed by atoms with E-state index in [9.17, 15) is 9.59 Å². The number of carbonyl (C=O) groups excluding carboxylic acids is 2. The number of para-hydroxylation sites is 1. The Morgan fingerprint density at radius 1 is 1.07 bits per heavy atom. The second-order valence-electron chi connectivity index (χ2n) is 6.43. The number of carbonyl (C=O) groups is 2. The van der Waals surface area contributed by atoms with E-state index in [1.54, 1.807) is 22.2 Å². The monoisotopic (exact) mass is 383 g/mol. The molecule has 1 saturated heterocycles. The molecule has 8 nitrogen and oxygen atoms in total. The molecule has 2 aromatic rings. The van der Waals surface area contributed by atoms with Gasteiger partial charge in [0.25, 0.3) is 0 Å². The molecule has 0 bridgehead atoms. The molecule has 1 N–H and O–H groups in total. The van der Waals surface area contributed by atoms with E-state index in [0.717, 1.165) is 24.5 Å². The molecular formula is C20H25N5O3. The smallest absolute Gasteiger partial charge is 0.325 e. The highest BCUT2D eigenvalue weighted by Crippen LogP contribution is 2.15. The molecule has 1 fully saturated rings. The topological polar surface area (TPSA) is 78.0 Å². The average Bonchev–Trinajstić information content (AvgIpc) is 2.77. The summed E-state index contributed by atoms with van der Waals surface area (Å²) < 4.78 is 4.77. The zero-order valence-corrected chi connectivity index (χ0v) is 16.0. The number of ether oxygens (including phenoxy) is 1. The number of amides is 2. The van der Waals surface area contributed by atoms with Crippen molar-refractivity contribution in [3.63, 3.8) is 0 Å². The minimum absolute atomic E-state index is 0.0661. The number of aromatic nitrogens is 1. The van der Waals surface area contributed by atoms with Gasteiger partial charge in [-0.1, -0.05) is 18.2 Å². The molecule has 3 rings (SSSR count). The molecule has 0 aliphatic carbocycles. The van der Waals surface area contributed by atoms with Gasteiger partial charge in [0.2, 0.25) is 0 Å². The third-order valence-electron chi connectivity index (χ3n) is 4.68. The predicted octanol–water partition coefficient (Wildman–Crippen LogP) is 1.55. The first-order chi connectivity index (χ1) is 13.7. The number of methoxy groups -OCH3 is 1. The highest BCUT2D eigenvalue weighted by atomic mass is 16.5. The normalized spacial score (nSPS) is 13.8. The quantitative estimate of drug-likeness (QED) is 0.602. The molecule has 1 aliphatic rings. The van der Waals surface area contributed by atoms with Crippen molar-refractivity contribution >= 4 is 23.4 Å². The Hall–Kier alpha value is -3.29. The SMILES string of the molecule is COC(=O)CN(CNC(=O)N1CCN(c2ccncc2)CC1)c1ccccc1. The Morgan fingerprint density at radius 3 is 2.39 bits per heavy atom. The summed E-state index contributed by atoms with van der Waals surface area (Å²) in [6, 6.07) is 13.3. The third-order valence-corrected chi connectivity index (χ3v) is 4.68. The number of nitrogens with zero attached hydrogens (tertiary/aromatic N) is 4. The van der Waals surface area contributed by atoms with Gasteiger partial charge in [0.1, 0.15) is 6.54 Å². The highest BCUT2D eigenvalue weighted by molar-refractivity contribution is 5.77. The van der Waals surface area contributed by atoms with Crippen LogP contribution in [0, 0.1) is 0 Å². The van der Waals surface area contributed by atoms with Crippen LogP contribution in [0.15, 0.2) is 54.9 Å². The van der Waals surface area contributed by atoms with E-state index < -0.39 is 0 Å². The fraction of sp³-hybridized carbons (Fsp3) is 0.350. The van der Waals surface area contributed by atoms with Crippen LogP contribution in [0.5, 0.6) is 0 Å². The maximum Gasteiger partial charge on any atom is 0.325 e. The number of esters is 1. The van der Waals surface area contributed by atoms with Crippen molar-refractivity contribution < 1.29 is 14.3 Å². The van der Waals surface area contributed by atoms with Crippen LogP contribution in [0.25, 0.3) is 0 Å². The Kier molecular flexibility index (Phi) is 6.67. The molecule has 0 spiro atoms. The fourth-order valence-corrected chi connectivity index (χ4v) is 3.10. The van der Waals surface area contributed by atoms with Gasteiger partial charge in [-0.3, -0.25) is 9.78 Å². The van der Waals surface area contributed by atoms with Gasteiger partial charge in [0, 0.05) is 49.9 Å². The Balaban J connectivity index is 1.52. The molecule has 0 atom stereocenters. The lowest BCUT2D eigenvalue weighted by Gasteiger charge is -2.36. The van der Waals surface area contributed by atoms with Crippen molar-refractivity contribution in [1.29, 1.82) is 0 Å². The minimum Gasteiger partial charge on any atom is -0.468 e. The summed E-state index contributed by atoms with van der Waals surface area (Å²) >= 11 is 0. The van der Waals surface area contributed by atoms with Crippen molar-refractivity contribution in [2.24, 2.45) is 0 Å². The van der Waals surface area contributed by atoms with Gasteiger partial charge in [0.05, 0.1) is 13.8 Å². The standard InChI is InChI=1S/C20H25N5O3/c1-28-19(26)15-25(17-5-3-2-4-6-17)16-22-20(27)24-13-11-23(12-14-24)18-7-9-21-10-8-18/h2-10H,11-16H2,1H3,(H,22,27).